The first-order valence-corrected chi connectivity index (χ1v) is 10.0. The van der Waals surface area contributed by atoms with Gasteiger partial charge < -0.3 is 19.5 Å². The largest absolute Gasteiger partial charge is 0.486 e. The number of carbonyl (C=O) groups excluding carboxylic acids is 1. The number of amides is 1. The van der Waals surface area contributed by atoms with Gasteiger partial charge in [-0.05, 0) is 24.0 Å². The van der Waals surface area contributed by atoms with Crippen LogP contribution in [-0.2, 0) is 19.7 Å². The molecule has 2 aromatic rings. The van der Waals surface area contributed by atoms with Crippen LogP contribution >= 0.6 is 11.6 Å². The Morgan fingerprint density at radius 2 is 2.03 bits per heavy atom. The number of halogens is 1. The first kappa shape index (κ1) is 21.6. The third kappa shape index (κ3) is 4.55. The van der Waals surface area contributed by atoms with Crippen LogP contribution in [0.25, 0.3) is 0 Å². The summed E-state index contributed by atoms with van der Waals surface area (Å²) < 4.78 is 16.5. The van der Waals surface area contributed by atoms with Crippen molar-refractivity contribution in [3.05, 3.63) is 52.8 Å². The third-order valence-electron chi connectivity index (χ3n) is 5.04. The van der Waals surface area contributed by atoms with Gasteiger partial charge in [-0.1, -0.05) is 49.7 Å². The Hall–Kier alpha value is -2.15. The summed E-state index contributed by atoms with van der Waals surface area (Å²) in [4.78, 5) is 17.5. The molecule has 2 heterocycles. The van der Waals surface area contributed by atoms with E-state index in [-0.39, 0.29) is 17.2 Å². The standard InChI is InChI=1S/C22H27ClN2O4/c1-14(2)16-7-5-6-8-17(16)22(12-28-13-22)21(26)25-18-10-24-20(23)9-19(18)29-15(3)11-27-4/h5-10,14-15H,11-13H2,1-4H3,(H,25,26)/t15-/m0/s1. The van der Waals surface area contributed by atoms with Crippen molar-refractivity contribution in [2.75, 3.05) is 32.2 Å². The highest BCUT2D eigenvalue weighted by Crippen LogP contribution is 2.39. The lowest BCUT2D eigenvalue weighted by Gasteiger charge is -2.41. The third-order valence-corrected chi connectivity index (χ3v) is 5.25. The number of anilines is 1. The van der Waals surface area contributed by atoms with E-state index in [0.29, 0.717) is 37.2 Å². The number of nitrogens with one attached hydrogen (secondary N) is 1. The van der Waals surface area contributed by atoms with Crippen molar-refractivity contribution >= 4 is 23.2 Å². The predicted molar refractivity (Wildman–Crippen MR) is 113 cm³/mol. The van der Waals surface area contributed by atoms with Gasteiger partial charge in [0.05, 0.1) is 26.0 Å². The molecule has 0 spiro atoms. The number of ether oxygens (including phenoxy) is 3. The fourth-order valence-electron chi connectivity index (χ4n) is 3.48. The summed E-state index contributed by atoms with van der Waals surface area (Å²) in [7, 11) is 1.61. The van der Waals surface area contributed by atoms with Gasteiger partial charge in [0.25, 0.3) is 0 Å². The second-order valence-corrected chi connectivity index (χ2v) is 8.05. The highest BCUT2D eigenvalue weighted by atomic mass is 35.5. The number of carbonyl (C=O) groups is 1. The number of benzene rings is 1. The second kappa shape index (κ2) is 9.11. The number of aromatic nitrogens is 1. The van der Waals surface area contributed by atoms with E-state index in [1.54, 1.807) is 13.2 Å². The minimum atomic E-state index is -0.740. The van der Waals surface area contributed by atoms with Crippen molar-refractivity contribution in [1.29, 1.82) is 0 Å². The molecule has 1 atom stereocenters. The summed E-state index contributed by atoms with van der Waals surface area (Å²) in [6.45, 7) is 7.20. The SMILES string of the molecule is COC[C@H](C)Oc1cc(Cl)ncc1NC(=O)C1(c2ccccc2C(C)C)COC1. The van der Waals surface area contributed by atoms with Crippen molar-refractivity contribution in [2.24, 2.45) is 0 Å². The number of pyridine rings is 1. The van der Waals surface area contributed by atoms with E-state index in [1.807, 2.05) is 25.1 Å². The van der Waals surface area contributed by atoms with Crippen LogP contribution in [0.2, 0.25) is 5.15 Å². The molecule has 0 bridgehead atoms. The molecule has 7 heteroatoms. The van der Waals surface area contributed by atoms with Gasteiger partial charge in [-0.3, -0.25) is 4.79 Å². The quantitative estimate of drug-likeness (QED) is 0.651. The maximum atomic E-state index is 13.4. The minimum absolute atomic E-state index is 0.148. The van der Waals surface area contributed by atoms with Gasteiger partial charge in [0, 0.05) is 13.2 Å². The number of methoxy groups -OCH3 is 1. The highest BCUT2D eigenvalue weighted by molar-refractivity contribution is 6.29. The molecule has 0 radical (unpaired) electrons. The summed E-state index contributed by atoms with van der Waals surface area (Å²) in [5, 5.41) is 3.27. The zero-order valence-electron chi connectivity index (χ0n) is 17.2. The number of hydrogen-bond donors (Lipinski definition) is 1. The predicted octanol–water partition coefficient (Wildman–Crippen LogP) is 4.18. The fourth-order valence-corrected chi connectivity index (χ4v) is 3.63. The molecule has 1 fully saturated rings. The normalized spacial score (nSPS) is 16.2. The number of rotatable bonds is 8. The Bertz CT molecular complexity index is 868. The van der Waals surface area contributed by atoms with Gasteiger partial charge in [0.1, 0.15) is 28.1 Å². The average Bonchev–Trinajstić information content (AvgIpc) is 2.63. The monoisotopic (exact) mass is 418 g/mol. The van der Waals surface area contributed by atoms with E-state index >= 15 is 0 Å². The number of hydrogen-bond acceptors (Lipinski definition) is 5. The molecule has 0 saturated carbocycles. The lowest BCUT2D eigenvalue weighted by Crippen LogP contribution is -2.56. The van der Waals surface area contributed by atoms with E-state index in [2.05, 4.69) is 30.2 Å². The van der Waals surface area contributed by atoms with E-state index in [9.17, 15) is 4.79 Å². The molecule has 1 amide bonds. The number of nitrogens with zero attached hydrogens (tertiary/aromatic N) is 1. The molecule has 1 aromatic heterocycles. The fraction of sp³-hybridized carbons (Fsp3) is 0.455. The van der Waals surface area contributed by atoms with E-state index in [0.717, 1.165) is 11.1 Å². The summed E-state index contributed by atoms with van der Waals surface area (Å²) in [6, 6.07) is 9.62. The molecule has 6 nitrogen and oxygen atoms in total. The zero-order chi connectivity index (χ0) is 21.0. The molecule has 1 aromatic carbocycles. The van der Waals surface area contributed by atoms with Crippen LogP contribution in [0, 0.1) is 0 Å². The molecule has 1 aliphatic rings. The van der Waals surface area contributed by atoms with Gasteiger partial charge in [-0.2, -0.15) is 0 Å². The first-order valence-electron chi connectivity index (χ1n) is 9.67. The summed E-state index contributed by atoms with van der Waals surface area (Å²) in [5.74, 6) is 0.600. The molecule has 1 aliphatic heterocycles. The molecule has 0 unspecified atom stereocenters. The maximum absolute atomic E-state index is 13.4. The highest BCUT2D eigenvalue weighted by Gasteiger charge is 2.49. The average molecular weight is 419 g/mol. The van der Waals surface area contributed by atoms with E-state index in [1.165, 1.54) is 6.20 Å². The summed E-state index contributed by atoms with van der Waals surface area (Å²) in [5.41, 5.74) is 1.87. The molecule has 1 saturated heterocycles. The molecule has 156 valence electrons. The van der Waals surface area contributed by atoms with Gasteiger partial charge in [0.15, 0.2) is 0 Å². The van der Waals surface area contributed by atoms with E-state index < -0.39 is 5.41 Å². The lowest BCUT2D eigenvalue weighted by atomic mass is 9.73. The van der Waals surface area contributed by atoms with Crippen molar-refractivity contribution < 1.29 is 19.0 Å². The first-order chi connectivity index (χ1) is 13.9. The van der Waals surface area contributed by atoms with Crippen LogP contribution in [0.4, 0.5) is 5.69 Å². The Balaban J connectivity index is 1.90. The van der Waals surface area contributed by atoms with Gasteiger partial charge in [-0.15, -0.1) is 0 Å². The van der Waals surface area contributed by atoms with Crippen molar-refractivity contribution in [3.63, 3.8) is 0 Å². The minimum Gasteiger partial charge on any atom is -0.486 e. The topological polar surface area (TPSA) is 69.7 Å². The van der Waals surface area contributed by atoms with Crippen molar-refractivity contribution in [2.45, 2.75) is 38.2 Å². The maximum Gasteiger partial charge on any atom is 0.239 e. The van der Waals surface area contributed by atoms with Crippen LogP contribution in [-0.4, -0.2) is 43.9 Å². The Labute approximate surface area is 176 Å². The molecular formula is C22H27ClN2O4. The molecular weight excluding hydrogens is 392 g/mol. The Kier molecular flexibility index (Phi) is 6.77. The smallest absolute Gasteiger partial charge is 0.239 e. The van der Waals surface area contributed by atoms with Crippen LogP contribution in [0.15, 0.2) is 36.5 Å². The summed E-state index contributed by atoms with van der Waals surface area (Å²) in [6.07, 6.45) is 1.30. The van der Waals surface area contributed by atoms with Crippen LogP contribution < -0.4 is 10.1 Å². The van der Waals surface area contributed by atoms with Crippen LogP contribution in [0.3, 0.4) is 0 Å². The van der Waals surface area contributed by atoms with Crippen molar-refractivity contribution in [3.8, 4) is 5.75 Å². The van der Waals surface area contributed by atoms with Crippen molar-refractivity contribution in [1.82, 2.24) is 4.98 Å². The molecule has 0 aliphatic carbocycles. The summed E-state index contributed by atoms with van der Waals surface area (Å²) >= 11 is 6.04. The second-order valence-electron chi connectivity index (χ2n) is 7.66. The molecule has 3 rings (SSSR count). The Morgan fingerprint density at radius 3 is 2.66 bits per heavy atom. The van der Waals surface area contributed by atoms with Crippen LogP contribution in [0.1, 0.15) is 37.8 Å². The Morgan fingerprint density at radius 1 is 1.31 bits per heavy atom. The lowest BCUT2D eigenvalue weighted by molar-refractivity contribution is -0.139. The van der Waals surface area contributed by atoms with Crippen LogP contribution in [0.5, 0.6) is 5.75 Å². The molecule has 29 heavy (non-hydrogen) atoms. The zero-order valence-corrected chi connectivity index (χ0v) is 18.0. The van der Waals surface area contributed by atoms with Gasteiger partial charge in [-0.25, -0.2) is 4.98 Å². The molecule has 1 N–H and O–H groups in total. The van der Waals surface area contributed by atoms with Gasteiger partial charge >= 0.3 is 0 Å². The van der Waals surface area contributed by atoms with Gasteiger partial charge in [0.2, 0.25) is 5.91 Å². The van der Waals surface area contributed by atoms with E-state index in [4.69, 9.17) is 25.8 Å².